The number of nitrogens with one attached hydrogen (secondary N) is 2. The van der Waals surface area contributed by atoms with Crippen molar-refractivity contribution in [1.82, 2.24) is 15.5 Å². The van der Waals surface area contributed by atoms with Crippen molar-refractivity contribution in [2.45, 2.75) is 38.3 Å². The summed E-state index contributed by atoms with van der Waals surface area (Å²) in [6.45, 7) is 5.27. The smallest absolute Gasteiger partial charge is 0.242 e. The number of amides is 2. The summed E-state index contributed by atoms with van der Waals surface area (Å²) in [6, 6.07) is -0.367. The molecule has 2 fully saturated rings. The summed E-state index contributed by atoms with van der Waals surface area (Å²) in [5.74, 6) is -0.127. The van der Waals surface area contributed by atoms with Crippen molar-refractivity contribution in [3.05, 3.63) is 0 Å². The fourth-order valence-corrected chi connectivity index (χ4v) is 2.55. The Bertz CT molecular complexity index is 335. The Kier molecular flexibility index (Phi) is 5.15. The van der Waals surface area contributed by atoms with Gasteiger partial charge in [-0.05, 0) is 26.2 Å². The molecule has 108 valence electrons. The van der Waals surface area contributed by atoms with Gasteiger partial charge in [-0.25, -0.2) is 0 Å². The molecule has 2 amide bonds. The quantitative estimate of drug-likeness (QED) is 0.724. The molecule has 2 saturated heterocycles. The van der Waals surface area contributed by atoms with Crippen molar-refractivity contribution in [3.63, 3.8) is 0 Å². The van der Waals surface area contributed by atoms with Crippen LogP contribution in [0.25, 0.3) is 0 Å². The Morgan fingerprint density at radius 3 is 3.16 bits per heavy atom. The van der Waals surface area contributed by atoms with E-state index in [0.29, 0.717) is 19.7 Å². The Balaban J connectivity index is 1.78. The van der Waals surface area contributed by atoms with Gasteiger partial charge in [-0.15, -0.1) is 0 Å². The van der Waals surface area contributed by atoms with Crippen LogP contribution in [0, 0.1) is 0 Å². The summed E-state index contributed by atoms with van der Waals surface area (Å²) in [7, 11) is 0. The van der Waals surface area contributed by atoms with E-state index in [1.807, 2.05) is 6.92 Å². The summed E-state index contributed by atoms with van der Waals surface area (Å²) < 4.78 is 5.44. The number of nitrogens with zero attached hydrogens (tertiary/aromatic N) is 1. The average molecular weight is 269 g/mol. The maximum atomic E-state index is 12.0. The molecule has 0 aromatic heterocycles. The molecule has 2 aliphatic heterocycles. The van der Waals surface area contributed by atoms with Gasteiger partial charge in [0.05, 0.1) is 19.3 Å². The summed E-state index contributed by atoms with van der Waals surface area (Å²) in [5.41, 5.74) is 0. The molecule has 0 spiro atoms. The van der Waals surface area contributed by atoms with Crippen LogP contribution in [0.2, 0.25) is 0 Å². The van der Waals surface area contributed by atoms with Gasteiger partial charge in [0.15, 0.2) is 0 Å². The number of carbonyl (C=O) groups is 2. The first-order valence-electron chi connectivity index (χ1n) is 7.06. The van der Waals surface area contributed by atoms with Gasteiger partial charge in [-0.1, -0.05) is 0 Å². The molecular weight excluding hydrogens is 246 g/mol. The van der Waals surface area contributed by atoms with Crippen LogP contribution in [0.4, 0.5) is 0 Å². The molecule has 2 rings (SSSR count). The van der Waals surface area contributed by atoms with Gasteiger partial charge < -0.3 is 15.4 Å². The maximum absolute atomic E-state index is 12.0. The second kappa shape index (κ2) is 6.86. The number of ether oxygens (including phenoxy) is 1. The predicted molar refractivity (Wildman–Crippen MR) is 70.6 cm³/mol. The molecular formula is C13H23N3O3. The Morgan fingerprint density at radius 2 is 2.37 bits per heavy atom. The lowest BCUT2D eigenvalue weighted by Crippen LogP contribution is -2.51. The molecule has 0 bridgehead atoms. The monoisotopic (exact) mass is 269 g/mol. The predicted octanol–water partition coefficient (Wildman–Crippen LogP) is -0.508. The number of carbonyl (C=O) groups excluding carboxylic acids is 2. The zero-order valence-corrected chi connectivity index (χ0v) is 11.5. The van der Waals surface area contributed by atoms with E-state index < -0.39 is 0 Å². The summed E-state index contributed by atoms with van der Waals surface area (Å²) in [6.07, 6.45) is 2.86. The highest BCUT2D eigenvalue weighted by Gasteiger charge is 2.24. The lowest BCUT2D eigenvalue weighted by atomic mass is 10.1. The van der Waals surface area contributed by atoms with E-state index in [-0.39, 0.29) is 24.0 Å². The van der Waals surface area contributed by atoms with E-state index in [1.54, 1.807) is 0 Å². The van der Waals surface area contributed by atoms with Crippen molar-refractivity contribution >= 4 is 11.8 Å². The molecule has 0 aliphatic carbocycles. The molecule has 0 aromatic rings. The van der Waals surface area contributed by atoms with E-state index in [9.17, 15) is 9.59 Å². The number of rotatable bonds is 3. The summed E-state index contributed by atoms with van der Waals surface area (Å²) >= 11 is 0. The second-order valence-corrected chi connectivity index (χ2v) is 5.32. The highest BCUT2D eigenvalue weighted by Crippen LogP contribution is 2.06. The van der Waals surface area contributed by atoms with E-state index in [1.165, 1.54) is 0 Å². The van der Waals surface area contributed by atoms with E-state index in [4.69, 9.17) is 4.74 Å². The molecule has 2 atom stereocenters. The Morgan fingerprint density at radius 1 is 1.53 bits per heavy atom. The normalized spacial score (nSPS) is 29.4. The zero-order chi connectivity index (χ0) is 13.7. The van der Waals surface area contributed by atoms with Crippen LogP contribution in [0.1, 0.15) is 26.2 Å². The lowest BCUT2D eigenvalue weighted by Gasteiger charge is -2.30. The minimum absolute atomic E-state index is 0.0544. The Labute approximate surface area is 113 Å². The molecule has 2 aliphatic rings. The minimum atomic E-state index is -0.367. The van der Waals surface area contributed by atoms with Crippen LogP contribution in [0.5, 0.6) is 0 Å². The summed E-state index contributed by atoms with van der Waals surface area (Å²) in [5, 5.41) is 5.66. The highest BCUT2D eigenvalue weighted by molar-refractivity contribution is 5.88. The van der Waals surface area contributed by atoms with E-state index in [2.05, 4.69) is 15.5 Å². The second-order valence-electron chi connectivity index (χ2n) is 5.32. The third-order valence-electron chi connectivity index (χ3n) is 3.56. The SMILES string of the molecule is C[C@@H]1CN(CC(=O)N[C@H]2CCCCNC2=O)CCO1. The van der Waals surface area contributed by atoms with Gasteiger partial charge in [-0.2, -0.15) is 0 Å². The maximum Gasteiger partial charge on any atom is 0.242 e. The molecule has 2 N–H and O–H groups in total. The standard InChI is InChI=1S/C13H23N3O3/c1-10-8-16(6-7-19-10)9-12(17)15-11-4-2-3-5-14-13(11)18/h10-11H,2-9H2,1H3,(H,14,18)(H,15,17)/t10-,11+/m1/s1. The largest absolute Gasteiger partial charge is 0.376 e. The minimum Gasteiger partial charge on any atom is -0.376 e. The number of hydrogen-bond donors (Lipinski definition) is 2. The number of morpholine rings is 1. The first-order chi connectivity index (χ1) is 9.15. The van der Waals surface area contributed by atoms with Crippen molar-refractivity contribution < 1.29 is 14.3 Å². The van der Waals surface area contributed by atoms with Crippen LogP contribution < -0.4 is 10.6 Å². The molecule has 0 aromatic carbocycles. The lowest BCUT2D eigenvalue weighted by molar-refractivity contribution is -0.130. The van der Waals surface area contributed by atoms with Gasteiger partial charge in [-0.3, -0.25) is 14.5 Å². The van der Waals surface area contributed by atoms with Crippen molar-refractivity contribution in [2.75, 3.05) is 32.8 Å². The fourth-order valence-electron chi connectivity index (χ4n) is 2.55. The van der Waals surface area contributed by atoms with Gasteiger partial charge in [0, 0.05) is 19.6 Å². The average Bonchev–Trinajstić information content (AvgIpc) is 2.55. The zero-order valence-electron chi connectivity index (χ0n) is 11.5. The first kappa shape index (κ1) is 14.3. The topological polar surface area (TPSA) is 70.7 Å². The summed E-state index contributed by atoms with van der Waals surface area (Å²) in [4.78, 5) is 25.8. The third kappa shape index (κ3) is 4.47. The van der Waals surface area contributed by atoms with E-state index in [0.717, 1.165) is 32.4 Å². The molecule has 0 unspecified atom stereocenters. The molecule has 6 heteroatoms. The first-order valence-corrected chi connectivity index (χ1v) is 7.06. The molecule has 19 heavy (non-hydrogen) atoms. The molecule has 0 radical (unpaired) electrons. The van der Waals surface area contributed by atoms with Gasteiger partial charge >= 0.3 is 0 Å². The van der Waals surface area contributed by atoms with Gasteiger partial charge in [0.1, 0.15) is 6.04 Å². The number of hydrogen-bond acceptors (Lipinski definition) is 4. The van der Waals surface area contributed by atoms with Crippen molar-refractivity contribution in [2.24, 2.45) is 0 Å². The van der Waals surface area contributed by atoms with Crippen LogP contribution in [-0.2, 0) is 14.3 Å². The van der Waals surface area contributed by atoms with Crippen LogP contribution in [-0.4, -0.2) is 61.6 Å². The Hall–Kier alpha value is -1.14. The molecule has 0 saturated carbocycles. The van der Waals surface area contributed by atoms with Crippen LogP contribution in [0.3, 0.4) is 0 Å². The van der Waals surface area contributed by atoms with Gasteiger partial charge in [0.25, 0.3) is 0 Å². The van der Waals surface area contributed by atoms with Gasteiger partial charge in [0.2, 0.25) is 11.8 Å². The van der Waals surface area contributed by atoms with Crippen LogP contribution in [0.15, 0.2) is 0 Å². The van der Waals surface area contributed by atoms with Crippen molar-refractivity contribution in [1.29, 1.82) is 0 Å². The van der Waals surface area contributed by atoms with Crippen molar-refractivity contribution in [3.8, 4) is 0 Å². The molecule has 2 heterocycles. The third-order valence-corrected chi connectivity index (χ3v) is 3.56. The highest BCUT2D eigenvalue weighted by atomic mass is 16.5. The molecule has 6 nitrogen and oxygen atoms in total. The van der Waals surface area contributed by atoms with Crippen LogP contribution >= 0.6 is 0 Å². The fraction of sp³-hybridized carbons (Fsp3) is 0.846. The van der Waals surface area contributed by atoms with E-state index >= 15 is 0 Å².